The van der Waals surface area contributed by atoms with E-state index in [4.69, 9.17) is 0 Å². The average Bonchev–Trinajstić information content (AvgIpc) is 2.89. The lowest BCUT2D eigenvalue weighted by Gasteiger charge is -2.24. The number of fused-ring (bicyclic) bond motifs is 1. The van der Waals surface area contributed by atoms with Crippen LogP contribution in [0.5, 0.6) is 0 Å². The van der Waals surface area contributed by atoms with Gasteiger partial charge in [0.25, 0.3) is 5.91 Å². The van der Waals surface area contributed by atoms with E-state index >= 15 is 0 Å². The zero-order chi connectivity index (χ0) is 14.1. The van der Waals surface area contributed by atoms with Gasteiger partial charge in [-0.25, -0.2) is 0 Å². The number of aromatic nitrogens is 2. The van der Waals surface area contributed by atoms with Gasteiger partial charge < -0.3 is 10.3 Å². The summed E-state index contributed by atoms with van der Waals surface area (Å²) in [7, 11) is 0. The van der Waals surface area contributed by atoms with Crippen LogP contribution < -0.4 is 5.32 Å². The van der Waals surface area contributed by atoms with Gasteiger partial charge in [-0.3, -0.25) is 9.78 Å². The van der Waals surface area contributed by atoms with Gasteiger partial charge in [-0.1, -0.05) is 13.8 Å². The molecular formula is C16H19N3O. The van der Waals surface area contributed by atoms with E-state index in [-0.39, 0.29) is 5.91 Å². The van der Waals surface area contributed by atoms with E-state index in [0.29, 0.717) is 11.8 Å². The van der Waals surface area contributed by atoms with Crippen LogP contribution in [0.3, 0.4) is 0 Å². The largest absolute Gasteiger partial charge is 0.357 e. The summed E-state index contributed by atoms with van der Waals surface area (Å²) in [6.07, 6.45) is 4.60. The third-order valence-corrected chi connectivity index (χ3v) is 3.76. The first-order valence-electron chi connectivity index (χ1n) is 7.06. The molecule has 0 saturated heterocycles. The lowest BCUT2D eigenvalue weighted by molar-refractivity contribution is 0.0938. The molecule has 1 atom stereocenters. The molecule has 0 spiro atoms. The minimum absolute atomic E-state index is 0.0246. The lowest BCUT2D eigenvalue weighted by Crippen LogP contribution is -2.35. The fourth-order valence-electron chi connectivity index (χ4n) is 2.85. The molecule has 1 unspecified atom stereocenters. The molecule has 104 valence electrons. The Labute approximate surface area is 118 Å². The van der Waals surface area contributed by atoms with Crippen molar-refractivity contribution in [1.82, 2.24) is 15.3 Å². The summed E-state index contributed by atoms with van der Waals surface area (Å²) >= 11 is 0. The quantitative estimate of drug-likeness (QED) is 0.900. The molecule has 1 aliphatic rings. The molecule has 0 aromatic carbocycles. The van der Waals surface area contributed by atoms with Crippen molar-refractivity contribution in [3.05, 3.63) is 41.9 Å². The number of nitrogens with zero attached hydrogens (tertiary/aromatic N) is 1. The van der Waals surface area contributed by atoms with Crippen LogP contribution in [0.15, 0.2) is 30.6 Å². The number of carbonyl (C=O) groups is 1. The Balaban J connectivity index is 2.00. The van der Waals surface area contributed by atoms with Crippen molar-refractivity contribution in [2.24, 2.45) is 5.92 Å². The second-order valence-corrected chi connectivity index (χ2v) is 5.78. The highest BCUT2D eigenvalue weighted by molar-refractivity contribution is 5.98. The van der Waals surface area contributed by atoms with E-state index in [1.807, 2.05) is 18.2 Å². The molecule has 2 N–H and O–H groups in total. The monoisotopic (exact) mass is 269 g/mol. The van der Waals surface area contributed by atoms with Crippen LogP contribution in [0.4, 0.5) is 0 Å². The van der Waals surface area contributed by atoms with Crippen molar-refractivity contribution in [1.29, 1.82) is 0 Å². The third-order valence-electron chi connectivity index (χ3n) is 3.76. The van der Waals surface area contributed by atoms with E-state index in [2.05, 4.69) is 29.1 Å². The van der Waals surface area contributed by atoms with E-state index in [0.717, 1.165) is 35.5 Å². The van der Waals surface area contributed by atoms with E-state index in [1.165, 1.54) is 0 Å². The summed E-state index contributed by atoms with van der Waals surface area (Å²) in [5.74, 6) is 1.00. The van der Waals surface area contributed by atoms with Crippen molar-refractivity contribution >= 4 is 5.91 Å². The zero-order valence-electron chi connectivity index (χ0n) is 11.8. The standard InChI is InChI=1S/C16H19N3O/c1-10(2)7-12-9-18-16(20)13-8-14(19-15(12)13)11-3-5-17-6-4-11/h3-6,8,10,12,19H,7,9H2,1-2H3,(H,18,20). The second kappa shape index (κ2) is 5.12. The third kappa shape index (κ3) is 2.33. The fraction of sp³-hybridized carbons (Fsp3) is 0.375. The molecule has 3 rings (SSSR count). The number of rotatable bonds is 3. The number of aromatic amines is 1. The topological polar surface area (TPSA) is 57.8 Å². The molecule has 4 nitrogen and oxygen atoms in total. The number of nitrogens with one attached hydrogen (secondary N) is 2. The van der Waals surface area contributed by atoms with E-state index < -0.39 is 0 Å². The van der Waals surface area contributed by atoms with Gasteiger partial charge >= 0.3 is 0 Å². The van der Waals surface area contributed by atoms with Crippen LogP contribution in [0, 0.1) is 5.92 Å². The molecule has 4 heteroatoms. The molecule has 1 amide bonds. The molecule has 2 aromatic rings. The lowest BCUT2D eigenvalue weighted by atomic mass is 9.89. The highest BCUT2D eigenvalue weighted by Gasteiger charge is 2.28. The van der Waals surface area contributed by atoms with Gasteiger partial charge in [0.1, 0.15) is 0 Å². The van der Waals surface area contributed by atoms with Crippen molar-refractivity contribution in [3.8, 4) is 11.3 Å². The predicted octanol–water partition coefficient (Wildman–Crippen LogP) is 2.95. The Kier molecular flexibility index (Phi) is 3.30. The summed E-state index contributed by atoms with van der Waals surface area (Å²) < 4.78 is 0. The maximum absolute atomic E-state index is 12.0. The number of hydrogen-bond acceptors (Lipinski definition) is 2. The summed E-state index contributed by atoms with van der Waals surface area (Å²) in [6, 6.07) is 5.85. The molecule has 0 saturated carbocycles. The molecule has 0 radical (unpaired) electrons. The average molecular weight is 269 g/mol. The normalized spacial score (nSPS) is 17.9. The zero-order valence-corrected chi connectivity index (χ0v) is 11.8. The van der Waals surface area contributed by atoms with Crippen molar-refractivity contribution in [2.75, 3.05) is 6.54 Å². The Morgan fingerprint density at radius 2 is 2.10 bits per heavy atom. The van der Waals surface area contributed by atoms with Gasteiger partial charge in [-0.05, 0) is 30.5 Å². The minimum Gasteiger partial charge on any atom is -0.357 e. The molecule has 0 bridgehead atoms. The fourth-order valence-corrected chi connectivity index (χ4v) is 2.85. The van der Waals surface area contributed by atoms with Crippen molar-refractivity contribution in [2.45, 2.75) is 26.2 Å². The Hall–Kier alpha value is -2.10. The molecule has 3 heterocycles. The first kappa shape index (κ1) is 12.9. The van der Waals surface area contributed by atoms with E-state index in [9.17, 15) is 4.79 Å². The molecule has 0 fully saturated rings. The molecule has 2 aromatic heterocycles. The first-order chi connectivity index (χ1) is 9.65. The Bertz CT molecular complexity index is 616. The number of H-pyrrole nitrogens is 1. The van der Waals surface area contributed by atoms with E-state index in [1.54, 1.807) is 12.4 Å². The summed E-state index contributed by atoms with van der Waals surface area (Å²) in [4.78, 5) is 19.5. The number of pyridine rings is 1. The number of hydrogen-bond donors (Lipinski definition) is 2. The van der Waals surface area contributed by atoms with Gasteiger partial charge in [0.05, 0.1) is 5.56 Å². The van der Waals surface area contributed by atoms with Crippen LogP contribution in [0.1, 0.15) is 42.2 Å². The number of amides is 1. The van der Waals surface area contributed by atoms with Gasteiger partial charge in [0, 0.05) is 41.8 Å². The molecule has 1 aliphatic heterocycles. The number of carbonyl (C=O) groups excluding carboxylic acids is 1. The highest BCUT2D eigenvalue weighted by Crippen LogP contribution is 2.32. The van der Waals surface area contributed by atoms with Gasteiger partial charge in [-0.2, -0.15) is 0 Å². The Morgan fingerprint density at radius 3 is 2.80 bits per heavy atom. The van der Waals surface area contributed by atoms with Crippen molar-refractivity contribution in [3.63, 3.8) is 0 Å². The smallest absolute Gasteiger partial charge is 0.253 e. The van der Waals surface area contributed by atoms with Crippen LogP contribution >= 0.6 is 0 Å². The highest BCUT2D eigenvalue weighted by atomic mass is 16.1. The van der Waals surface area contributed by atoms with Crippen LogP contribution in [-0.2, 0) is 0 Å². The summed E-state index contributed by atoms with van der Waals surface area (Å²) in [6.45, 7) is 5.14. The van der Waals surface area contributed by atoms with Gasteiger partial charge in [-0.15, -0.1) is 0 Å². The van der Waals surface area contributed by atoms with Crippen molar-refractivity contribution < 1.29 is 4.79 Å². The SMILES string of the molecule is CC(C)CC1CNC(=O)c2cc(-c3ccncc3)[nH]c21. The molecule has 0 aliphatic carbocycles. The minimum atomic E-state index is 0.0246. The second-order valence-electron chi connectivity index (χ2n) is 5.78. The molecular weight excluding hydrogens is 250 g/mol. The van der Waals surface area contributed by atoms with Gasteiger partial charge in [0.15, 0.2) is 0 Å². The summed E-state index contributed by atoms with van der Waals surface area (Å²) in [5, 5.41) is 2.99. The Morgan fingerprint density at radius 1 is 1.35 bits per heavy atom. The predicted molar refractivity (Wildman–Crippen MR) is 78.6 cm³/mol. The van der Waals surface area contributed by atoms with Crippen LogP contribution in [0.25, 0.3) is 11.3 Å². The maximum Gasteiger partial charge on any atom is 0.253 e. The molecule has 20 heavy (non-hydrogen) atoms. The first-order valence-corrected chi connectivity index (χ1v) is 7.06. The maximum atomic E-state index is 12.0. The van der Waals surface area contributed by atoms with Crippen LogP contribution in [-0.4, -0.2) is 22.4 Å². The van der Waals surface area contributed by atoms with Gasteiger partial charge in [0.2, 0.25) is 0 Å². The summed E-state index contributed by atoms with van der Waals surface area (Å²) in [5.41, 5.74) is 3.91. The van der Waals surface area contributed by atoms with Crippen LogP contribution in [0.2, 0.25) is 0 Å².